The maximum atomic E-state index is 11.6. The van der Waals surface area contributed by atoms with Gasteiger partial charge in [0.15, 0.2) is 11.7 Å². The average Bonchev–Trinajstić information content (AvgIpc) is 3.12. The highest BCUT2D eigenvalue weighted by Gasteiger charge is 2.18. The number of benzene rings is 2. The van der Waals surface area contributed by atoms with Crippen LogP contribution in [0.3, 0.4) is 0 Å². The van der Waals surface area contributed by atoms with Gasteiger partial charge in [0.1, 0.15) is 5.69 Å². The molecular formula is C20H18N2O5. The Morgan fingerprint density at radius 1 is 1.11 bits per heavy atom. The number of non-ortho nitro benzene ring substituents is 1. The van der Waals surface area contributed by atoms with Crippen molar-refractivity contribution < 1.29 is 18.9 Å². The summed E-state index contributed by atoms with van der Waals surface area (Å²) in [7, 11) is 0. The largest absolute Gasteiger partial charge is 0.466 e. The molecule has 138 valence electrons. The lowest BCUT2D eigenvalue weighted by atomic mass is 10.1. The summed E-state index contributed by atoms with van der Waals surface area (Å²) in [5.41, 5.74) is 2.16. The maximum absolute atomic E-state index is 11.6. The highest BCUT2D eigenvalue weighted by molar-refractivity contribution is 5.77. The third kappa shape index (κ3) is 4.38. The van der Waals surface area contributed by atoms with Gasteiger partial charge in [-0.05, 0) is 19.1 Å². The van der Waals surface area contributed by atoms with Crippen molar-refractivity contribution in [3.8, 4) is 22.6 Å². The van der Waals surface area contributed by atoms with Gasteiger partial charge in [-0.25, -0.2) is 4.98 Å². The lowest BCUT2D eigenvalue weighted by Crippen LogP contribution is -2.05. The quantitative estimate of drug-likeness (QED) is 0.349. The minimum Gasteiger partial charge on any atom is -0.466 e. The second-order valence-corrected chi connectivity index (χ2v) is 5.76. The van der Waals surface area contributed by atoms with Gasteiger partial charge in [-0.2, -0.15) is 0 Å². The first kappa shape index (κ1) is 18.3. The van der Waals surface area contributed by atoms with Crippen LogP contribution in [0.5, 0.6) is 0 Å². The Bertz CT molecular complexity index is 933. The zero-order chi connectivity index (χ0) is 19.2. The van der Waals surface area contributed by atoms with E-state index in [1.807, 2.05) is 30.3 Å². The van der Waals surface area contributed by atoms with E-state index in [1.54, 1.807) is 19.1 Å². The second kappa shape index (κ2) is 8.27. The van der Waals surface area contributed by atoms with Crippen molar-refractivity contribution >= 4 is 11.7 Å². The molecule has 0 amide bonds. The Labute approximate surface area is 155 Å². The summed E-state index contributed by atoms with van der Waals surface area (Å²) >= 11 is 0. The molecule has 0 saturated heterocycles. The molecule has 0 fully saturated rings. The van der Waals surface area contributed by atoms with Crippen LogP contribution in [0, 0.1) is 10.1 Å². The van der Waals surface area contributed by atoms with E-state index in [0.29, 0.717) is 35.9 Å². The summed E-state index contributed by atoms with van der Waals surface area (Å²) in [5, 5.41) is 10.9. The number of rotatable bonds is 7. The lowest BCUT2D eigenvalue weighted by Gasteiger charge is -2.01. The number of carbonyl (C=O) groups excluding carboxylic acids is 1. The molecule has 0 bridgehead atoms. The Morgan fingerprint density at radius 2 is 1.81 bits per heavy atom. The first-order valence-corrected chi connectivity index (χ1v) is 8.54. The molecule has 0 aliphatic carbocycles. The first-order valence-electron chi connectivity index (χ1n) is 8.54. The van der Waals surface area contributed by atoms with Gasteiger partial charge >= 0.3 is 5.97 Å². The molecule has 0 spiro atoms. The van der Waals surface area contributed by atoms with E-state index in [0.717, 1.165) is 5.56 Å². The van der Waals surface area contributed by atoms with E-state index in [4.69, 9.17) is 9.15 Å². The van der Waals surface area contributed by atoms with E-state index < -0.39 is 4.92 Å². The molecule has 0 aliphatic rings. The summed E-state index contributed by atoms with van der Waals surface area (Å²) in [6.45, 7) is 2.08. The predicted molar refractivity (Wildman–Crippen MR) is 99.0 cm³/mol. The number of aromatic nitrogens is 1. The maximum Gasteiger partial charge on any atom is 0.306 e. The molecule has 0 radical (unpaired) electrons. The van der Waals surface area contributed by atoms with Crippen molar-refractivity contribution in [3.05, 3.63) is 70.6 Å². The van der Waals surface area contributed by atoms with Crippen molar-refractivity contribution in [2.24, 2.45) is 0 Å². The lowest BCUT2D eigenvalue weighted by molar-refractivity contribution is -0.384. The molecule has 0 atom stereocenters. The Kier molecular flexibility index (Phi) is 5.61. The third-order valence-electron chi connectivity index (χ3n) is 3.91. The van der Waals surface area contributed by atoms with Crippen LogP contribution in [0.15, 0.2) is 59.0 Å². The normalized spacial score (nSPS) is 10.6. The minimum atomic E-state index is -0.451. The van der Waals surface area contributed by atoms with Crippen LogP contribution in [0.2, 0.25) is 0 Å². The number of carbonyl (C=O) groups is 1. The van der Waals surface area contributed by atoms with Gasteiger partial charge < -0.3 is 9.15 Å². The van der Waals surface area contributed by atoms with Gasteiger partial charge in [-0.15, -0.1) is 0 Å². The van der Waals surface area contributed by atoms with Crippen molar-refractivity contribution in [2.75, 3.05) is 6.61 Å². The SMILES string of the molecule is CCOC(=O)CCc1nc(-c2ccccc2)c(-c2ccc([N+](=O)[O-])cc2)o1. The number of nitro groups is 1. The van der Waals surface area contributed by atoms with Gasteiger partial charge in [0, 0.05) is 29.7 Å². The van der Waals surface area contributed by atoms with Crippen LogP contribution in [0.25, 0.3) is 22.6 Å². The van der Waals surface area contributed by atoms with Crippen LogP contribution in [-0.4, -0.2) is 22.5 Å². The highest BCUT2D eigenvalue weighted by atomic mass is 16.6. The third-order valence-corrected chi connectivity index (χ3v) is 3.91. The van der Waals surface area contributed by atoms with E-state index in [9.17, 15) is 14.9 Å². The molecule has 7 nitrogen and oxygen atoms in total. The highest BCUT2D eigenvalue weighted by Crippen LogP contribution is 2.33. The van der Waals surface area contributed by atoms with Crippen molar-refractivity contribution in [2.45, 2.75) is 19.8 Å². The number of esters is 1. The molecule has 0 N–H and O–H groups in total. The molecule has 7 heteroatoms. The summed E-state index contributed by atoms with van der Waals surface area (Å²) in [5.74, 6) is 0.610. The number of ether oxygens (including phenoxy) is 1. The molecule has 3 rings (SSSR count). The van der Waals surface area contributed by atoms with E-state index in [1.165, 1.54) is 12.1 Å². The van der Waals surface area contributed by atoms with Gasteiger partial charge in [-0.1, -0.05) is 30.3 Å². The molecule has 0 aliphatic heterocycles. The standard InChI is InChI=1S/C20H18N2O5/c1-2-26-18(23)13-12-17-21-19(14-6-4-3-5-7-14)20(27-17)15-8-10-16(11-9-15)22(24)25/h3-11H,2,12-13H2,1H3. The number of hydrogen-bond acceptors (Lipinski definition) is 6. The number of aryl methyl sites for hydroxylation is 1. The molecule has 1 heterocycles. The molecule has 1 aromatic heterocycles. The fraction of sp³-hybridized carbons (Fsp3) is 0.200. The van der Waals surface area contributed by atoms with Crippen LogP contribution in [0.4, 0.5) is 5.69 Å². The summed E-state index contributed by atoms with van der Waals surface area (Å²) in [6.07, 6.45) is 0.480. The van der Waals surface area contributed by atoms with Crippen molar-refractivity contribution in [1.82, 2.24) is 4.98 Å². The Hall–Kier alpha value is -3.48. The van der Waals surface area contributed by atoms with Crippen LogP contribution < -0.4 is 0 Å². The number of hydrogen-bond donors (Lipinski definition) is 0. The zero-order valence-electron chi connectivity index (χ0n) is 14.8. The molecule has 0 unspecified atom stereocenters. The average molecular weight is 366 g/mol. The summed E-state index contributed by atoms with van der Waals surface area (Å²) in [6, 6.07) is 15.6. The summed E-state index contributed by atoms with van der Waals surface area (Å²) < 4.78 is 10.8. The van der Waals surface area contributed by atoms with Gasteiger partial charge in [-0.3, -0.25) is 14.9 Å². The van der Waals surface area contributed by atoms with Crippen LogP contribution in [-0.2, 0) is 16.0 Å². The second-order valence-electron chi connectivity index (χ2n) is 5.76. The van der Waals surface area contributed by atoms with E-state index in [2.05, 4.69) is 4.98 Å². The number of nitrogens with zero attached hydrogens (tertiary/aromatic N) is 2. The van der Waals surface area contributed by atoms with E-state index >= 15 is 0 Å². The molecule has 27 heavy (non-hydrogen) atoms. The fourth-order valence-corrected chi connectivity index (χ4v) is 2.64. The van der Waals surface area contributed by atoms with Gasteiger partial charge in [0.25, 0.3) is 5.69 Å². The predicted octanol–water partition coefficient (Wildman–Crippen LogP) is 4.41. The Balaban J connectivity index is 1.95. The first-order chi connectivity index (χ1) is 13.1. The van der Waals surface area contributed by atoms with Gasteiger partial charge in [0.05, 0.1) is 18.0 Å². The number of nitro benzene ring substituents is 1. The number of oxazole rings is 1. The van der Waals surface area contributed by atoms with Crippen LogP contribution in [0.1, 0.15) is 19.2 Å². The molecule has 3 aromatic rings. The van der Waals surface area contributed by atoms with Crippen molar-refractivity contribution in [3.63, 3.8) is 0 Å². The van der Waals surface area contributed by atoms with Gasteiger partial charge in [0.2, 0.25) is 0 Å². The fourth-order valence-electron chi connectivity index (χ4n) is 2.64. The molecule has 2 aromatic carbocycles. The van der Waals surface area contributed by atoms with Crippen LogP contribution >= 0.6 is 0 Å². The topological polar surface area (TPSA) is 95.5 Å². The zero-order valence-corrected chi connectivity index (χ0v) is 14.8. The summed E-state index contributed by atoms with van der Waals surface area (Å²) in [4.78, 5) is 26.6. The molecule has 0 saturated carbocycles. The molecular weight excluding hydrogens is 348 g/mol. The monoisotopic (exact) mass is 366 g/mol. The van der Waals surface area contributed by atoms with E-state index in [-0.39, 0.29) is 18.1 Å². The smallest absolute Gasteiger partial charge is 0.306 e. The minimum absolute atomic E-state index is 0.00191. The van der Waals surface area contributed by atoms with Crippen molar-refractivity contribution in [1.29, 1.82) is 0 Å². The Morgan fingerprint density at radius 3 is 2.44 bits per heavy atom.